The van der Waals surface area contributed by atoms with Gasteiger partial charge >= 0.3 is 5.97 Å². The third-order valence-corrected chi connectivity index (χ3v) is 3.40. The van der Waals surface area contributed by atoms with Gasteiger partial charge < -0.3 is 15.2 Å². The predicted octanol–water partition coefficient (Wildman–Crippen LogP) is 1.32. The molecule has 0 aliphatic rings. The van der Waals surface area contributed by atoms with Gasteiger partial charge in [-0.3, -0.25) is 0 Å². The van der Waals surface area contributed by atoms with Crippen molar-refractivity contribution in [1.82, 2.24) is 5.32 Å². The Kier molecular flexibility index (Phi) is 4.46. The number of esters is 1. The monoisotopic (exact) mass is 243 g/mol. The lowest BCUT2D eigenvalue weighted by molar-refractivity contribution is -0.160. The normalized spacial score (nSPS) is 16.5. The summed E-state index contributed by atoms with van der Waals surface area (Å²) in [6.45, 7) is 3.59. The quantitative estimate of drug-likeness (QED) is 0.766. The van der Waals surface area contributed by atoms with Crippen molar-refractivity contribution in [3.05, 3.63) is 22.4 Å². The zero-order valence-corrected chi connectivity index (χ0v) is 10.5. The van der Waals surface area contributed by atoms with Crippen molar-refractivity contribution in [3.63, 3.8) is 0 Å². The molecule has 0 radical (unpaired) electrons. The lowest BCUT2D eigenvalue weighted by Crippen LogP contribution is -2.46. The average Bonchev–Trinajstić information content (AvgIpc) is 2.78. The Labute approximate surface area is 99.2 Å². The highest BCUT2D eigenvalue weighted by Gasteiger charge is 2.31. The predicted molar refractivity (Wildman–Crippen MR) is 63.4 cm³/mol. The summed E-state index contributed by atoms with van der Waals surface area (Å²) in [4.78, 5) is 12.4. The molecule has 5 heteroatoms. The molecule has 0 amide bonds. The van der Waals surface area contributed by atoms with Crippen molar-refractivity contribution in [2.75, 3.05) is 13.7 Å². The molecule has 90 valence electrons. The van der Waals surface area contributed by atoms with Gasteiger partial charge in [-0.25, -0.2) is 4.79 Å². The second kappa shape index (κ2) is 5.43. The molecule has 1 heterocycles. The van der Waals surface area contributed by atoms with E-state index >= 15 is 0 Å². The van der Waals surface area contributed by atoms with Gasteiger partial charge in [0.2, 0.25) is 0 Å². The minimum atomic E-state index is -1.49. The van der Waals surface area contributed by atoms with Crippen LogP contribution in [0, 0.1) is 0 Å². The second-order valence-electron chi connectivity index (χ2n) is 3.88. The zero-order valence-electron chi connectivity index (χ0n) is 9.69. The number of ether oxygens (including phenoxy) is 1. The Morgan fingerprint density at radius 2 is 2.44 bits per heavy atom. The third-order valence-electron chi connectivity index (χ3n) is 2.35. The molecule has 2 atom stereocenters. The SMILES string of the molecule is COC(=O)C(C)(O)CN[C@@H](C)c1cccs1. The van der Waals surface area contributed by atoms with Crippen LogP contribution in [0.25, 0.3) is 0 Å². The molecule has 0 aromatic carbocycles. The van der Waals surface area contributed by atoms with Crippen LogP contribution in [0.15, 0.2) is 17.5 Å². The molecule has 4 nitrogen and oxygen atoms in total. The van der Waals surface area contributed by atoms with Crippen LogP contribution >= 0.6 is 11.3 Å². The van der Waals surface area contributed by atoms with Crippen LogP contribution in [0.3, 0.4) is 0 Å². The van der Waals surface area contributed by atoms with Crippen LogP contribution in [-0.4, -0.2) is 30.3 Å². The van der Waals surface area contributed by atoms with Gasteiger partial charge in [0.15, 0.2) is 5.60 Å². The third kappa shape index (κ3) is 3.30. The minimum Gasteiger partial charge on any atom is -0.467 e. The molecule has 0 saturated heterocycles. The van der Waals surface area contributed by atoms with Gasteiger partial charge in [-0.1, -0.05) is 6.07 Å². The summed E-state index contributed by atoms with van der Waals surface area (Å²) in [5, 5.41) is 14.9. The number of thiophene rings is 1. The molecule has 0 aliphatic carbocycles. The van der Waals surface area contributed by atoms with Crippen LogP contribution < -0.4 is 5.32 Å². The molecule has 1 rings (SSSR count). The maximum atomic E-state index is 11.2. The molecule has 16 heavy (non-hydrogen) atoms. The lowest BCUT2D eigenvalue weighted by atomic mass is 10.1. The Bertz CT molecular complexity index is 335. The molecule has 0 bridgehead atoms. The van der Waals surface area contributed by atoms with E-state index < -0.39 is 11.6 Å². The fourth-order valence-electron chi connectivity index (χ4n) is 1.28. The summed E-state index contributed by atoms with van der Waals surface area (Å²) in [6.07, 6.45) is 0. The number of nitrogens with one attached hydrogen (secondary N) is 1. The first kappa shape index (κ1) is 13.2. The van der Waals surface area contributed by atoms with Crippen molar-refractivity contribution >= 4 is 17.3 Å². The van der Waals surface area contributed by atoms with E-state index in [2.05, 4.69) is 10.1 Å². The number of rotatable bonds is 5. The molecule has 0 aliphatic heterocycles. The fraction of sp³-hybridized carbons (Fsp3) is 0.545. The average molecular weight is 243 g/mol. The van der Waals surface area contributed by atoms with Crippen LogP contribution in [0.2, 0.25) is 0 Å². The molecule has 0 fully saturated rings. The first-order chi connectivity index (χ1) is 7.47. The Morgan fingerprint density at radius 1 is 1.75 bits per heavy atom. The van der Waals surface area contributed by atoms with Crippen LogP contribution in [-0.2, 0) is 9.53 Å². The summed E-state index contributed by atoms with van der Waals surface area (Å²) in [6, 6.07) is 4.09. The van der Waals surface area contributed by atoms with Gasteiger partial charge in [-0.15, -0.1) is 11.3 Å². The maximum Gasteiger partial charge on any atom is 0.338 e. The second-order valence-corrected chi connectivity index (χ2v) is 4.86. The number of hydrogen-bond acceptors (Lipinski definition) is 5. The Balaban J connectivity index is 2.48. The molecule has 1 aromatic rings. The first-order valence-electron chi connectivity index (χ1n) is 5.05. The van der Waals surface area contributed by atoms with Crippen molar-refractivity contribution in [2.45, 2.75) is 25.5 Å². The summed E-state index contributed by atoms with van der Waals surface area (Å²) >= 11 is 1.64. The van der Waals surface area contributed by atoms with E-state index in [1.165, 1.54) is 18.9 Å². The molecule has 1 aromatic heterocycles. The van der Waals surface area contributed by atoms with Crippen LogP contribution in [0.5, 0.6) is 0 Å². The standard InChI is InChI=1S/C11H17NO3S/c1-8(9-5-4-6-16-9)12-7-11(2,14)10(13)15-3/h4-6,8,12,14H,7H2,1-3H3/t8-,11?/m0/s1. The van der Waals surface area contributed by atoms with E-state index in [0.29, 0.717) is 0 Å². The largest absolute Gasteiger partial charge is 0.467 e. The van der Waals surface area contributed by atoms with Crippen LogP contribution in [0.1, 0.15) is 24.8 Å². The highest BCUT2D eigenvalue weighted by molar-refractivity contribution is 7.10. The number of hydrogen-bond donors (Lipinski definition) is 2. The Hall–Kier alpha value is -0.910. The van der Waals surface area contributed by atoms with Gasteiger partial charge in [-0.2, -0.15) is 0 Å². The van der Waals surface area contributed by atoms with E-state index in [4.69, 9.17) is 0 Å². The fourth-order valence-corrected chi connectivity index (χ4v) is 2.04. The molecular formula is C11H17NO3S. The van der Waals surface area contributed by atoms with Gasteiger partial charge in [-0.05, 0) is 25.3 Å². The van der Waals surface area contributed by atoms with E-state index in [0.717, 1.165) is 0 Å². The smallest absolute Gasteiger partial charge is 0.338 e. The van der Waals surface area contributed by atoms with E-state index in [1.807, 2.05) is 24.4 Å². The van der Waals surface area contributed by atoms with E-state index in [-0.39, 0.29) is 12.6 Å². The van der Waals surface area contributed by atoms with Crippen molar-refractivity contribution in [3.8, 4) is 0 Å². The van der Waals surface area contributed by atoms with Crippen molar-refractivity contribution < 1.29 is 14.6 Å². The van der Waals surface area contributed by atoms with Gasteiger partial charge in [0, 0.05) is 17.5 Å². The maximum absolute atomic E-state index is 11.2. The molecule has 0 saturated carbocycles. The topological polar surface area (TPSA) is 58.6 Å². The summed E-state index contributed by atoms with van der Waals surface area (Å²) in [5.41, 5.74) is -1.49. The number of carbonyl (C=O) groups excluding carboxylic acids is 1. The van der Waals surface area contributed by atoms with Crippen molar-refractivity contribution in [2.24, 2.45) is 0 Å². The number of methoxy groups -OCH3 is 1. The molecule has 2 N–H and O–H groups in total. The summed E-state index contributed by atoms with van der Waals surface area (Å²) < 4.78 is 4.51. The van der Waals surface area contributed by atoms with Gasteiger partial charge in [0.25, 0.3) is 0 Å². The van der Waals surface area contributed by atoms with Crippen LogP contribution in [0.4, 0.5) is 0 Å². The Morgan fingerprint density at radius 3 is 2.94 bits per heavy atom. The van der Waals surface area contributed by atoms with Gasteiger partial charge in [0.05, 0.1) is 7.11 Å². The number of aliphatic hydroxyl groups is 1. The van der Waals surface area contributed by atoms with Gasteiger partial charge in [0.1, 0.15) is 0 Å². The highest BCUT2D eigenvalue weighted by Crippen LogP contribution is 2.18. The van der Waals surface area contributed by atoms with Crippen molar-refractivity contribution in [1.29, 1.82) is 0 Å². The summed E-state index contributed by atoms with van der Waals surface area (Å²) in [7, 11) is 1.26. The zero-order chi connectivity index (χ0) is 12.2. The lowest BCUT2D eigenvalue weighted by Gasteiger charge is -2.22. The molecule has 0 spiro atoms. The molecular weight excluding hydrogens is 226 g/mol. The minimum absolute atomic E-state index is 0.108. The first-order valence-corrected chi connectivity index (χ1v) is 5.93. The van der Waals surface area contributed by atoms with E-state index in [1.54, 1.807) is 11.3 Å². The number of carbonyl (C=O) groups is 1. The highest BCUT2D eigenvalue weighted by atomic mass is 32.1. The summed E-state index contributed by atoms with van der Waals surface area (Å²) in [5.74, 6) is -0.627. The molecule has 1 unspecified atom stereocenters. The van der Waals surface area contributed by atoms with E-state index in [9.17, 15) is 9.90 Å².